The molecule has 2 heterocycles. The SMILES string of the molecule is CC1(C)Oc2ccc(-c3nn[nH]n3)cc2C(N(CC(=O)O)c2ccccc2)C1O. The predicted molar refractivity (Wildman–Crippen MR) is 104 cm³/mol. The Morgan fingerprint density at radius 1 is 1.24 bits per heavy atom. The summed E-state index contributed by atoms with van der Waals surface area (Å²) in [6, 6.07) is 13.9. The second kappa shape index (κ2) is 7.17. The van der Waals surface area contributed by atoms with Crippen molar-refractivity contribution in [1.29, 1.82) is 0 Å². The number of aromatic nitrogens is 4. The van der Waals surface area contributed by atoms with Gasteiger partial charge in [0, 0.05) is 16.8 Å². The highest BCUT2D eigenvalue weighted by molar-refractivity contribution is 5.75. The van der Waals surface area contributed by atoms with Gasteiger partial charge in [-0.15, -0.1) is 10.2 Å². The maximum Gasteiger partial charge on any atom is 0.323 e. The van der Waals surface area contributed by atoms with Gasteiger partial charge in [-0.1, -0.05) is 18.2 Å². The molecule has 0 saturated heterocycles. The minimum atomic E-state index is -0.999. The summed E-state index contributed by atoms with van der Waals surface area (Å²) in [6.07, 6.45) is -0.991. The summed E-state index contributed by atoms with van der Waals surface area (Å²) in [6.45, 7) is 3.28. The van der Waals surface area contributed by atoms with E-state index < -0.39 is 23.7 Å². The number of hydrogen-bond acceptors (Lipinski definition) is 7. The van der Waals surface area contributed by atoms with Crippen LogP contribution in [0.5, 0.6) is 5.75 Å². The van der Waals surface area contributed by atoms with Crippen molar-refractivity contribution >= 4 is 11.7 Å². The summed E-state index contributed by atoms with van der Waals surface area (Å²) in [7, 11) is 0. The number of hydrogen-bond donors (Lipinski definition) is 3. The number of H-pyrrole nitrogens is 1. The summed E-state index contributed by atoms with van der Waals surface area (Å²) < 4.78 is 6.04. The van der Waals surface area contributed by atoms with Crippen LogP contribution in [0.1, 0.15) is 25.5 Å². The number of para-hydroxylation sites is 1. The zero-order valence-corrected chi connectivity index (χ0v) is 16.0. The van der Waals surface area contributed by atoms with Crippen molar-refractivity contribution in [2.75, 3.05) is 11.4 Å². The Labute approximate surface area is 166 Å². The molecule has 2 unspecified atom stereocenters. The first kappa shape index (κ1) is 18.9. The fraction of sp³-hybridized carbons (Fsp3) is 0.300. The summed E-state index contributed by atoms with van der Waals surface area (Å²) in [5, 5.41) is 34.8. The molecule has 0 radical (unpaired) electrons. The molecule has 0 fully saturated rings. The lowest BCUT2D eigenvalue weighted by Crippen LogP contribution is -2.54. The van der Waals surface area contributed by atoms with Crippen LogP contribution in [0.2, 0.25) is 0 Å². The lowest BCUT2D eigenvalue weighted by atomic mass is 9.84. The van der Waals surface area contributed by atoms with Crippen LogP contribution < -0.4 is 9.64 Å². The van der Waals surface area contributed by atoms with Gasteiger partial charge in [0.15, 0.2) is 0 Å². The highest BCUT2D eigenvalue weighted by Crippen LogP contribution is 2.45. The Balaban J connectivity index is 1.88. The monoisotopic (exact) mass is 395 g/mol. The van der Waals surface area contributed by atoms with Crippen LogP contribution in [0.15, 0.2) is 48.5 Å². The number of carboxylic acids is 1. The average molecular weight is 395 g/mol. The number of tetrazole rings is 1. The molecule has 0 spiro atoms. The second-order valence-corrected chi connectivity index (χ2v) is 7.44. The van der Waals surface area contributed by atoms with E-state index in [1.165, 1.54) is 0 Å². The molecule has 3 aromatic rings. The molecule has 0 bridgehead atoms. The van der Waals surface area contributed by atoms with Crippen LogP contribution >= 0.6 is 0 Å². The van der Waals surface area contributed by atoms with Gasteiger partial charge in [0.05, 0.1) is 6.04 Å². The number of ether oxygens (including phenoxy) is 1. The molecular weight excluding hydrogens is 374 g/mol. The maximum absolute atomic E-state index is 11.7. The van der Waals surface area contributed by atoms with E-state index >= 15 is 0 Å². The number of fused-ring (bicyclic) bond motifs is 1. The van der Waals surface area contributed by atoms with Crippen molar-refractivity contribution in [2.24, 2.45) is 0 Å². The molecule has 3 N–H and O–H groups in total. The van der Waals surface area contributed by atoms with Gasteiger partial charge in [-0.2, -0.15) is 5.21 Å². The van der Waals surface area contributed by atoms with Crippen molar-refractivity contribution < 1.29 is 19.7 Å². The minimum Gasteiger partial charge on any atom is -0.485 e. The normalized spacial score (nSPS) is 19.8. The first-order valence-corrected chi connectivity index (χ1v) is 9.15. The molecule has 29 heavy (non-hydrogen) atoms. The zero-order chi connectivity index (χ0) is 20.6. The number of rotatable bonds is 5. The van der Waals surface area contributed by atoms with E-state index in [1.54, 1.807) is 36.9 Å². The Hall–Kier alpha value is -3.46. The third kappa shape index (κ3) is 3.52. The van der Waals surface area contributed by atoms with Gasteiger partial charge in [0.2, 0.25) is 5.82 Å². The molecule has 9 nitrogen and oxygen atoms in total. The quantitative estimate of drug-likeness (QED) is 0.599. The van der Waals surface area contributed by atoms with E-state index in [9.17, 15) is 15.0 Å². The van der Waals surface area contributed by atoms with Crippen LogP contribution in [0.3, 0.4) is 0 Å². The Morgan fingerprint density at radius 3 is 2.66 bits per heavy atom. The largest absolute Gasteiger partial charge is 0.485 e. The summed E-state index contributed by atoms with van der Waals surface area (Å²) >= 11 is 0. The van der Waals surface area contributed by atoms with Crippen molar-refractivity contribution in [3.63, 3.8) is 0 Å². The molecule has 1 aliphatic rings. The van der Waals surface area contributed by atoms with Gasteiger partial charge in [-0.25, -0.2) is 0 Å². The van der Waals surface area contributed by atoms with Crippen molar-refractivity contribution in [1.82, 2.24) is 20.6 Å². The van der Waals surface area contributed by atoms with Crippen molar-refractivity contribution in [3.05, 3.63) is 54.1 Å². The maximum atomic E-state index is 11.7. The van der Waals surface area contributed by atoms with Crippen LogP contribution in [-0.2, 0) is 4.79 Å². The molecule has 4 rings (SSSR count). The van der Waals surface area contributed by atoms with E-state index in [1.807, 2.05) is 30.3 Å². The summed E-state index contributed by atoms with van der Waals surface area (Å²) in [5.74, 6) is -0.0274. The van der Waals surface area contributed by atoms with E-state index in [-0.39, 0.29) is 6.54 Å². The van der Waals surface area contributed by atoms with Gasteiger partial charge in [0.25, 0.3) is 0 Å². The van der Waals surface area contributed by atoms with E-state index in [4.69, 9.17) is 4.74 Å². The average Bonchev–Trinajstić information content (AvgIpc) is 3.22. The third-order valence-electron chi connectivity index (χ3n) is 5.05. The molecule has 0 aliphatic carbocycles. The number of aliphatic carboxylic acids is 1. The Bertz CT molecular complexity index is 1010. The van der Waals surface area contributed by atoms with Crippen LogP contribution in [0.25, 0.3) is 11.4 Å². The van der Waals surface area contributed by atoms with Crippen LogP contribution in [0, 0.1) is 0 Å². The Kier molecular flexibility index (Phi) is 4.67. The molecule has 0 saturated carbocycles. The number of nitrogens with one attached hydrogen (secondary N) is 1. The van der Waals surface area contributed by atoms with Gasteiger partial charge in [-0.05, 0) is 49.4 Å². The molecular formula is C20H21N5O4. The fourth-order valence-corrected chi connectivity index (χ4v) is 3.64. The highest BCUT2D eigenvalue weighted by Gasteiger charge is 2.46. The lowest BCUT2D eigenvalue weighted by molar-refractivity contribution is -0.135. The smallest absolute Gasteiger partial charge is 0.323 e. The highest BCUT2D eigenvalue weighted by atomic mass is 16.5. The molecule has 1 aromatic heterocycles. The van der Waals surface area contributed by atoms with E-state index in [0.717, 1.165) is 0 Å². The number of aliphatic hydroxyl groups is 1. The second-order valence-electron chi connectivity index (χ2n) is 7.44. The fourth-order valence-electron chi connectivity index (χ4n) is 3.64. The van der Waals surface area contributed by atoms with E-state index in [2.05, 4.69) is 20.6 Å². The number of carboxylic acid groups (broad SMARTS) is 1. The number of aromatic amines is 1. The number of carbonyl (C=O) groups is 1. The van der Waals surface area contributed by atoms with Crippen LogP contribution in [0.4, 0.5) is 5.69 Å². The summed E-state index contributed by atoms with van der Waals surface area (Å²) in [5.41, 5.74) is 1.11. The number of aliphatic hydroxyl groups excluding tert-OH is 1. The molecule has 150 valence electrons. The standard InChI is InChI=1S/C20H21N5O4/c1-20(2)18(28)17(25(11-16(26)27)13-6-4-3-5-7-13)14-10-12(8-9-15(14)29-20)19-21-23-24-22-19/h3-10,17-18,28H,11H2,1-2H3,(H,26,27)(H,21,22,23,24). The zero-order valence-electron chi connectivity index (χ0n) is 16.0. The van der Waals surface area contributed by atoms with Crippen molar-refractivity contribution in [3.8, 4) is 17.1 Å². The molecule has 2 atom stereocenters. The van der Waals surface area contributed by atoms with Gasteiger partial charge in [-0.3, -0.25) is 4.79 Å². The van der Waals surface area contributed by atoms with Gasteiger partial charge in [0.1, 0.15) is 24.0 Å². The Morgan fingerprint density at radius 2 is 2.00 bits per heavy atom. The lowest BCUT2D eigenvalue weighted by Gasteiger charge is -2.46. The first-order chi connectivity index (χ1) is 13.9. The molecule has 9 heteroatoms. The topological polar surface area (TPSA) is 124 Å². The van der Waals surface area contributed by atoms with Crippen molar-refractivity contribution in [2.45, 2.75) is 31.6 Å². The number of benzene rings is 2. The molecule has 1 aliphatic heterocycles. The predicted octanol–water partition coefficient (Wildman–Crippen LogP) is 2.03. The van der Waals surface area contributed by atoms with E-state index in [0.29, 0.717) is 28.4 Å². The minimum absolute atomic E-state index is 0.284. The number of anilines is 1. The van der Waals surface area contributed by atoms with Gasteiger partial charge >= 0.3 is 5.97 Å². The third-order valence-corrected chi connectivity index (χ3v) is 5.05. The van der Waals surface area contributed by atoms with Crippen LogP contribution in [-0.4, -0.2) is 55.1 Å². The number of nitrogens with zero attached hydrogens (tertiary/aromatic N) is 4. The van der Waals surface area contributed by atoms with Gasteiger partial charge < -0.3 is 19.8 Å². The summed E-state index contributed by atoms with van der Waals surface area (Å²) in [4.78, 5) is 13.3. The molecule has 2 aromatic carbocycles. The first-order valence-electron chi connectivity index (χ1n) is 9.15. The molecule has 0 amide bonds.